The van der Waals surface area contributed by atoms with Crippen LogP contribution in [0.4, 0.5) is 0 Å². The zero-order valence-corrected chi connectivity index (χ0v) is 20.7. The lowest BCUT2D eigenvalue weighted by molar-refractivity contribution is -0.00743. The summed E-state index contributed by atoms with van der Waals surface area (Å²) < 4.78 is 28.6. The van der Waals surface area contributed by atoms with Gasteiger partial charge in [-0.3, -0.25) is 0 Å². The number of aryl methyl sites for hydroxylation is 1. The molecule has 1 aromatic heterocycles. The van der Waals surface area contributed by atoms with E-state index in [0.29, 0.717) is 0 Å². The number of aromatic nitrogens is 2. The van der Waals surface area contributed by atoms with Gasteiger partial charge in [0.05, 0.1) is 16.3 Å². The predicted octanol–water partition coefficient (Wildman–Crippen LogP) is 5.99. The number of benzene rings is 2. The molecule has 0 radical (unpaired) electrons. The molecule has 5 nitrogen and oxygen atoms in total. The minimum absolute atomic E-state index is 0.0329. The number of nitrogens with zero attached hydrogens (tertiary/aromatic N) is 3. The molecule has 0 saturated heterocycles. The Kier molecular flexibility index (Phi) is 5.23. The summed E-state index contributed by atoms with van der Waals surface area (Å²) in [6, 6.07) is 18.6. The minimum atomic E-state index is -3.93. The fourth-order valence-electron chi connectivity index (χ4n) is 7.17. The van der Waals surface area contributed by atoms with Crippen LogP contribution in [0.1, 0.15) is 55.3 Å². The van der Waals surface area contributed by atoms with Gasteiger partial charge < -0.3 is 0 Å². The van der Waals surface area contributed by atoms with Crippen molar-refractivity contribution in [2.75, 3.05) is 0 Å². The quantitative estimate of drug-likeness (QED) is 0.418. The van der Waals surface area contributed by atoms with Gasteiger partial charge in [0, 0.05) is 17.2 Å². The highest BCUT2D eigenvalue weighted by Crippen LogP contribution is 2.61. The largest absolute Gasteiger partial charge is 0.240 e. The molecule has 3 aromatic rings. The molecule has 4 bridgehead atoms. The van der Waals surface area contributed by atoms with Gasteiger partial charge in [0.2, 0.25) is 9.84 Å². The molecule has 0 aliphatic heterocycles. The van der Waals surface area contributed by atoms with E-state index in [1.54, 1.807) is 30.3 Å². The van der Waals surface area contributed by atoms with Crippen molar-refractivity contribution in [3.8, 4) is 11.8 Å². The number of hydrogen-bond donors (Lipinski definition) is 0. The van der Waals surface area contributed by atoms with E-state index < -0.39 is 9.84 Å². The second-order valence-corrected chi connectivity index (χ2v) is 12.8. The number of para-hydroxylation sites is 1. The van der Waals surface area contributed by atoms with Crippen molar-refractivity contribution in [3.63, 3.8) is 0 Å². The molecule has 4 saturated carbocycles. The summed E-state index contributed by atoms with van der Waals surface area (Å²) in [6.45, 7) is 1.91. The average Bonchev–Trinajstić information content (AvgIpc) is 3.27. The third-order valence-electron chi connectivity index (χ3n) is 8.32. The first-order chi connectivity index (χ1) is 16.9. The van der Waals surface area contributed by atoms with Crippen LogP contribution in [0, 0.1) is 36.0 Å². The van der Waals surface area contributed by atoms with Crippen molar-refractivity contribution in [2.24, 2.45) is 17.8 Å². The maximum atomic E-state index is 13.4. The number of rotatable bonds is 5. The van der Waals surface area contributed by atoms with Crippen molar-refractivity contribution in [1.82, 2.24) is 9.78 Å². The van der Waals surface area contributed by atoms with Gasteiger partial charge in [-0.2, -0.15) is 10.4 Å². The van der Waals surface area contributed by atoms with Crippen molar-refractivity contribution >= 4 is 15.9 Å². The molecule has 0 N–H and O–H groups in total. The summed E-state index contributed by atoms with van der Waals surface area (Å²) in [4.78, 5) is -0.0948. The third-order valence-corrected chi connectivity index (χ3v) is 10.0. The second kappa shape index (κ2) is 8.20. The Hall–Kier alpha value is -3.17. The van der Waals surface area contributed by atoms with Crippen molar-refractivity contribution in [3.05, 3.63) is 82.5 Å². The van der Waals surface area contributed by atoms with Gasteiger partial charge in [-0.1, -0.05) is 35.9 Å². The van der Waals surface area contributed by atoms with Crippen LogP contribution in [0.3, 0.4) is 0 Å². The van der Waals surface area contributed by atoms with E-state index in [4.69, 9.17) is 5.10 Å². The summed E-state index contributed by atoms with van der Waals surface area (Å²) in [5.74, 6) is 2.19. The SMILES string of the molecule is Cc1ccc(S(=O)(=O)C(C#N)=Cc2cn(-c3ccccc3)nc2C23CC4CC(CC(C4)C2)C3)cc1. The summed E-state index contributed by atoms with van der Waals surface area (Å²) >= 11 is 0. The first-order valence-electron chi connectivity index (χ1n) is 12.5. The first-order valence-corrected chi connectivity index (χ1v) is 13.9. The van der Waals surface area contributed by atoms with Crippen LogP contribution in [0.5, 0.6) is 0 Å². The molecule has 178 valence electrons. The molecule has 4 aliphatic carbocycles. The van der Waals surface area contributed by atoms with E-state index in [2.05, 4.69) is 0 Å². The smallest absolute Gasteiger partial charge is 0.216 e. The fourth-order valence-corrected chi connectivity index (χ4v) is 8.32. The van der Waals surface area contributed by atoms with E-state index in [9.17, 15) is 13.7 Å². The Morgan fingerprint density at radius 3 is 2.17 bits per heavy atom. The predicted molar refractivity (Wildman–Crippen MR) is 135 cm³/mol. The Bertz CT molecular complexity index is 1410. The lowest BCUT2D eigenvalue weighted by atomic mass is 9.48. The maximum absolute atomic E-state index is 13.4. The molecular formula is C29H29N3O2S. The molecule has 0 atom stereocenters. The highest BCUT2D eigenvalue weighted by atomic mass is 32.2. The zero-order chi connectivity index (χ0) is 24.2. The van der Waals surface area contributed by atoms with Gasteiger partial charge in [0.25, 0.3) is 0 Å². The fraction of sp³-hybridized carbons (Fsp3) is 0.379. The number of nitriles is 1. The third kappa shape index (κ3) is 3.83. The highest BCUT2D eigenvalue weighted by Gasteiger charge is 2.53. The van der Waals surface area contributed by atoms with E-state index in [1.165, 1.54) is 19.3 Å². The molecular weight excluding hydrogens is 454 g/mol. The van der Waals surface area contributed by atoms with E-state index in [1.807, 2.05) is 54.2 Å². The Morgan fingerprint density at radius 2 is 1.60 bits per heavy atom. The van der Waals surface area contributed by atoms with Crippen molar-refractivity contribution < 1.29 is 8.42 Å². The van der Waals surface area contributed by atoms with E-state index >= 15 is 0 Å². The molecule has 0 spiro atoms. The van der Waals surface area contributed by atoms with Crippen LogP contribution in [-0.2, 0) is 15.3 Å². The van der Waals surface area contributed by atoms with Crippen LogP contribution in [0.15, 0.2) is 70.6 Å². The van der Waals surface area contributed by atoms with Crippen molar-refractivity contribution in [2.45, 2.75) is 55.8 Å². The van der Waals surface area contributed by atoms with Crippen LogP contribution < -0.4 is 0 Å². The van der Waals surface area contributed by atoms with Crippen LogP contribution >= 0.6 is 0 Å². The molecule has 4 fully saturated rings. The minimum Gasteiger partial charge on any atom is -0.240 e. The van der Waals surface area contributed by atoms with Gasteiger partial charge in [-0.15, -0.1) is 0 Å². The number of allylic oxidation sites excluding steroid dienone is 1. The van der Waals surface area contributed by atoms with Gasteiger partial charge in [0.1, 0.15) is 11.0 Å². The summed E-state index contributed by atoms with van der Waals surface area (Å²) in [5.41, 5.74) is 3.59. The van der Waals surface area contributed by atoms with E-state index in [-0.39, 0.29) is 15.2 Å². The number of sulfone groups is 1. The van der Waals surface area contributed by atoms with Crippen LogP contribution in [-0.4, -0.2) is 18.2 Å². The Morgan fingerprint density at radius 1 is 1.00 bits per heavy atom. The molecule has 2 aromatic carbocycles. The van der Waals surface area contributed by atoms with Gasteiger partial charge in [-0.05, 0) is 93.5 Å². The summed E-state index contributed by atoms with van der Waals surface area (Å²) in [6.07, 6.45) is 10.7. The van der Waals surface area contributed by atoms with Gasteiger partial charge in [0.15, 0.2) is 0 Å². The Balaban J connectivity index is 1.49. The summed E-state index contributed by atoms with van der Waals surface area (Å²) in [5, 5.41) is 15.1. The summed E-state index contributed by atoms with van der Waals surface area (Å²) in [7, 11) is -3.93. The maximum Gasteiger partial charge on any atom is 0.216 e. The molecule has 1 heterocycles. The molecule has 0 amide bonds. The van der Waals surface area contributed by atoms with Crippen molar-refractivity contribution in [1.29, 1.82) is 5.26 Å². The molecule has 6 heteroatoms. The molecule has 7 rings (SSSR count). The monoisotopic (exact) mass is 483 g/mol. The average molecular weight is 484 g/mol. The van der Waals surface area contributed by atoms with Crippen LogP contribution in [0.2, 0.25) is 0 Å². The first kappa shape index (κ1) is 22.3. The lowest BCUT2D eigenvalue weighted by Gasteiger charge is -2.56. The zero-order valence-electron chi connectivity index (χ0n) is 19.9. The Labute approximate surface area is 207 Å². The topological polar surface area (TPSA) is 75.8 Å². The standard InChI is InChI=1S/C29H29N3O2S/c1-20-7-9-26(10-8-20)35(33,34)27(18-30)14-24-19-32(25-5-3-2-4-6-25)31-28(24)29-15-21-11-22(16-29)13-23(12-21)17-29/h2-10,14,19,21-23H,11-13,15-17H2,1H3. The lowest BCUT2D eigenvalue weighted by Crippen LogP contribution is -2.49. The van der Waals surface area contributed by atoms with Gasteiger partial charge in [-0.25, -0.2) is 13.1 Å². The molecule has 0 unspecified atom stereocenters. The van der Waals surface area contributed by atoms with E-state index in [0.717, 1.165) is 59.5 Å². The number of hydrogen-bond acceptors (Lipinski definition) is 4. The second-order valence-electron chi connectivity index (χ2n) is 10.8. The van der Waals surface area contributed by atoms with Crippen LogP contribution in [0.25, 0.3) is 11.8 Å². The van der Waals surface area contributed by atoms with Gasteiger partial charge >= 0.3 is 0 Å². The molecule has 4 aliphatic rings. The molecule has 35 heavy (non-hydrogen) atoms. The highest BCUT2D eigenvalue weighted by molar-refractivity contribution is 7.95. The normalized spacial score (nSPS) is 27.7.